The van der Waals surface area contributed by atoms with Crippen LogP contribution in [0.25, 0.3) is 0 Å². The van der Waals surface area contributed by atoms with Crippen LogP contribution in [0.5, 0.6) is 17.2 Å². The van der Waals surface area contributed by atoms with Crippen molar-refractivity contribution in [2.45, 2.75) is 11.5 Å². The zero-order valence-electron chi connectivity index (χ0n) is 17.5. The molecule has 1 aliphatic rings. The van der Waals surface area contributed by atoms with Gasteiger partial charge in [0.1, 0.15) is 12.4 Å². The number of nitrogens with one attached hydrogen (secondary N) is 1. The first-order valence-electron chi connectivity index (χ1n) is 9.91. The third-order valence-electron chi connectivity index (χ3n) is 4.18. The zero-order valence-corrected chi connectivity index (χ0v) is 19.9. The number of hydrazone groups is 1. The Labute approximate surface area is 201 Å². The normalized spacial score (nSPS) is 13.7. The van der Waals surface area contributed by atoms with Crippen LogP contribution in [0.3, 0.4) is 0 Å². The van der Waals surface area contributed by atoms with E-state index in [0.29, 0.717) is 39.0 Å². The lowest BCUT2D eigenvalue weighted by molar-refractivity contribution is -0.123. The number of terminal acetylenes is 1. The molecule has 0 spiro atoms. The van der Waals surface area contributed by atoms with Crippen LogP contribution in [0, 0.1) is 12.3 Å². The van der Waals surface area contributed by atoms with Gasteiger partial charge in [0.15, 0.2) is 18.1 Å². The van der Waals surface area contributed by atoms with Crippen LogP contribution < -0.4 is 19.6 Å². The Kier molecular flexibility index (Phi) is 9.47. The smallest absolute Gasteiger partial charge is 0.277 e. The Hall–Kier alpha value is -2.47. The second-order valence-electron chi connectivity index (χ2n) is 6.48. The fourth-order valence-corrected chi connectivity index (χ4v) is 5.94. The Morgan fingerprint density at radius 1 is 1.25 bits per heavy atom. The highest BCUT2D eigenvalue weighted by molar-refractivity contribution is 8.19. The number of carbonyl (C=O) groups excluding carboxylic acids is 1. The fraction of sp³-hybridized carbons (Fsp3) is 0.304. The quantitative estimate of drug-likeness (QED) is 0.294. The van der Waals surface area contributed by atoms with Crippen LogP contribution in [-0.2, 0) is 4.79 Å². The number of hydrogen-bond donors (Lipinski definition) is 1. The Bertz CT molecular complexity index is 987. The summed E-state index contributed by atoms with van der Waals surface area (Å²) < 4.78 is 17.0. The van der Waals surface area contributed by atoms with Crippen molar-refractivity contribution < 1.29 is 19.0 Å². The maximum absolute atomic E-state index is 12.0. The summed E-state index contributed by atoms with van der Waals surface area (Å²) in [6.07, 6.45) is 6.70. The largest absolute Gasteiger partial charge is 0.490 e. The van der Waals surface area contributed by atoms with Gasteiger partial charge in [-0.3, -0.25) is 4.79 Å². The summed E-state index contributed by atoms with van der Waals surface area (Å²) in [6, 6.07) is 11.2. The molecule has 0 bridgehead atoms. The van der Waals surface area contributed by atoms with E-state index in [4.69, 9.17) is 32.2 Å². The van der Waals surface area contributed by atoms with E-state index in [0.717, 1.165) is 0 Å². The third-order valence-corrected chi connectivity index (χ3v) is 7.56. The van der Waals surface area contributed by atoms with Crippen LogP contribution >= 0.6 is 35.1 Å². The molecular weight excluding hydrogens is 468 g/mol. The van der Waals surface area contributed by atoms with Gasteiger partial charge in [0.2, 0.25) is 0 Å². The summed E-state index contributed by atoms with van der Waals surface area (Å²) in [5.41, 5.74) is 4.33. The van der Waals surface area contributed by atoms with Crippen molar-refractivity contribution in [2.75, 3.05) is 31.3 Å². The molecule has 1 heterocycles. The van der Waals surface area contributed by atoms with Gasteiger partial charge in [-0.2, -0.15) is 5.10 Å². The highest BCUT2D eigenvalue weighted by Gasteiger charge is 2.18. The first-order chi connectivity index (χ1) is 15.6. The van der Waals surface area contributed by atoms with Gasteiger partial charge in [-0.15, -0.1) is 29.9 Å². The molecule has 1 aliphatic heterocycles. The number of rotatable bonds is 10. The van der Waals surface area contributed by atoms with Crippen molar-refractivity contribution in [2.24, 2.45) is 5.10 Å². The number of halogens is 1. The van der Waals surface area contributed by atoms with Crippen LogP contribution in [0.15, 0.2) is 41.5 Å². The van der Waals surface area contributed by atoms with Crippen molar-refractivity contribution in [1.82, 2.24) is 5.43 Å². The Morgan fingerprint density at radius 3 is 2.69 bits per heavy atom. The molecule has 6 nitrogen and oxygen atoms in total. The fourth-order valence-electron chi connectivity index (χ4n) is 2.81. The molecule has 3 rings (SSSR count). The van der Waals surface area contributed by atoms with E-state index in [1.165, 1.54) is 23.3 Å². The lowest BCUT2D eigenvalue weighted by Gasteiger charge is -2.12. The molecule has 1 amide bonds. The van der Waals surface area contributed by atoms with E-state index >= 15 is 0 Å². The number of nitrogens with zero attached hydrogens (tertiary/aromatic N) is 1. The topological polar surface area (TPSA) is 69.2 Å². The molecule has 9 heteroatoms. The molecule has 32 heavy (non-hydrogen) atoms. The summed E-state index contributed by atoms with van der Waals surface area (Å²) in [7, 11) is 0. The third kappa shape index (κ3) is 7.02. The lowest BCUT2D eigenvalue weighted by atomic mass is 10.2. The van der Waals surface area contributed by atoms with Crippen molar-refractivity contribution in [1.29, 1.82) is 0 Å². The number of hydrogen-bond acceptors (Lipinski definition) is 7. The summed E-state index contributed by atoms with van der Waals surface area (Å²) in [5.74, 6) is 5.82. The highest BCUT2D eigenvalue weighted by atomic mass is 35.5. The van der Waals surface area contributed by atoms with Gasteiger partial charge in [0.25, 0.3) is 5.91 Å². The monoisotopic (exact) mass is 490 g/mol. The summed E-state index contributed by atoms with van der Waals surface area (Å²) in [6.45, 7) is 2.20. The van der Waals surface area contributed by atoms with Gasteiger partial charge < -0.3 is 14.2 Å². The number of carbonyl (C=O) groups is 1. The van der Waals surface area contributed by atoms with E-state index in [9.17, 15) is 4.79 Å². The predicted molar refractivity (Wildman–Crippen MR) is 132 cm³/mol. The second kappa shape index (κ2) is 12.5. The molecule has 2 aromatic carbocycles. The van der Waals surface area contributed by atoms with E-state index < -0.39 is 0 Å². The molecule has 1 N–H and O–H groups in total. The minimum atomic E-state index is -0.377. The number of benzene rings is 2. The second-order valence-corrected chi connectivity index (χ2v) is 9.61. The molecule has 1 fully saturated rings. The maximum Gasteiger partial charge on any atom is 0.277 e. The van der Waals surface area contributed by atoms with Gasteiger partial charge in [-0.05, 0) is 42.3 Å². The minimum Gasteiger partial charge on any atom is -0.490 e. The van der Waals surface area contributed by atoms with Gasteiger partial charge >= 0.3 is 0 Å². The van der Waals surface area contributed by atoms with Crippen LogP contribution in [0.1, 0.15) is 22.6 Å². The molecule has 0 radical (unpaired) electrons. The maximum atomic E-state index is 12.0. The summed E-state index contributed by atoms with van der Waals surface area (Å²) in [5, 5.41) is 4.29. The number of ether oxygens (including phenoxy) is 3. The molecular formula is C23H23ClN2O4S2. The molecule has 168 valence electrons. The van der Waals surface area contributed by atoms with Gasteiger partial charge in [-0.1, -0.05) is 29.7 Å². The first-order valence-corrected chi connectivity index (χ1v) is 12.4. The van der Waals surface area contributed by atoms with Crippen molar-refractivity contribution >= 4 is 47.2 Å². The molecule has 0 aliphatic carbocycles. The average molecular weight is 491 g/mol. The van der Waals surface area contributed by atoms with E-state index in [2.05, 4.69) is 16.4 Å². The molecule has 0 aromatic heterocycles. The van der Waals surface area contributed by atoms with E-state index in [1.54, 1.807) is 12.1 Å². The molecule has 2 aromatic rings. The molecule has 1 saturated heterocycles. The number of thioether (sulfide) groups is 2. The van der Waals surface area contributed by atoms with E-state index in [-0.39, 0.29) is 19.1 Å². The minimum absolute atomic E-state index is 0.0739. The number of amides is 1. The van der Waals surface area contributed by atoms with Crippen LogP contribution in [0.4, 0.5) is 0 Å². The Balaban J connectivity index is 1.51. The predicted octanol–water partition coefficient (Wildman–Crippen LogP) is 4.76. The van der Waals surface area contributed by atoms with Crippen LogP contribution in [-0.4, -0.2) is 43.4 Å². The summed E-state index contributed by atoms with van der Waals surface area (Å²) in [4.78, 5) is 12.0. The average Bonchev–Trinajstić information content (AvgIpc) is 3.33. The first kappa shape index (κ1) is 24.2. The lowest BCUT2D eigenvalue weighted by Crippen LogP contribution is -2.24. The van der Waals surface area contributed by atoms with E-state index in [1.807, 2.05) is 54.7 Å². The van der Waals surface area contributed by atoms with Gasteiger partial charge in [0, 0.05) is 11.5 Å². The molecule has 0 unspecified atom stereocenters. The molecule has 0 saturated carbocycles. The van der Waals surface area contributed by atoms with Crippen molar-refractivity contribution in [3.8, 4) is 29.6 Å². The standard InChI is InChI=1S/C23H23ClN2O4S2/c1-3-9-29-22-19(24)12-16(13-20(22)28-4-2)14-25-26-21(27)15-30-18-7-5-17(6-8-18)23-31-10-11-32-23/h1,5-8,12-14,23H,4,9-11,15H2,2H3,(H,26,27)/b25-14-. The SMILES string of the molecule is C#CCOc1c(Cl)cc(/C=N\NC(=O)COc2ccc(C3SCCS3)cc2)cc1OCC. The Morgan fingerprint density at radius 2 is 2.00 bits per heavy atom. The van der Waals surface area contributed by atoms with Crippen molar-refractivity contribution in [3.63, 3.8) is 0 Å². The molecule has 0 atom stereocenters. The summed E-state index contributed by atoms with van der Waals surface area (Å²) >= 11 is 10.2. The highest BCUT2D eigenvalue weighted by Crippen LogP contribution is 2.45. The van der Waals surface area contributed by atoms with Gasteiger partial charge in [0.05, 0.1) is 22.4 Å². The van der Waals surface area contributed by atoms with Gasteiger partial charge in [-0.25, -0.2) is 5.43 Å². The van der Waals surface area contributed by atoms with Crippen molar-refractivity contribution in [3.05, 3.63) is 52.5 Å². The van der Waals surface area contributed by atoms with Crippen LogP contribution in [0.2, 0.25) is 5.02 Å². The zero-order chi connectivity index (χ0) is 22.8.